The number of hydrogen-bond donors (Lipinski definition) is 0. The molecule has 1 saturated heterocycles. The van der Waals surface area contributed by atoms with E-state index in [-0.39, 0.29) is 17.2 Å². The Morgan fingerprint density at radius 2 is 1.50 bits per heavy atom. The monoisotopic (exact) mass is 496 g/mol. The molecule has 1 fully saturated rings. The second kappa shape index (κ2) is 9.51. The first kappa shape index (κ1) is 28.7. The van der Waals surface area contributed by atoms with Crippen LogP contribution in [0.3, 0.4) is 0 Å². The summed E-state index contributed by atoms with van der Waals surface area (Å²) >= 11 is 0. The molecule has 0 spiro atoms. The predicted octanol–water partition coefficient (Wildman–Crippen LogP) is 4.98. The quantitative estimate of drug-likeness (QED) is 0.279. The highest BCUT2D eigenvalue weighted by molar-refractivity contribution is 6.74. The van der Waals surface area contributed by atoms with Crippen molar-refractivity contribution in [3.8, 4) is 0 Å². The van der Waals surface area contributed by atoms with Crippen LogP contribution in [0.4, 0.5) is 0 Å². The molecule has 2 aliphatic rings. The molecule has 2 aliphatic heterocycles. The van der Waals surface area contributed by atoms with Crippen molar-refractivity contribution in [1.29, 1.82) is 0 Å². The second-order valence-electron chi connectivity index (χ2n) is 13.0. The Labute approximate surface area is 206 Å². The average molecular weight is 497 g/mol. The van der Waals surface area contributed by atoms with Crippen molar-refractivity contribution in [3.05, 3.63) is 12.2 Å². The minimum Gasteiger partial charge on any atom is -0.460 e. The van der Waals surface area contributed by atoms with Crippen molar-refractivity contribution in [2.24, 2.45) is 11.8 Å². The summed E-state index contributed by atoms with van der Waals surface area (Å²) in [4.78, 5) is 39.9. The highest BCUT2D eigenvalue weighted by Gasteiger charge is 2.65. The second-order valence-corrected chi connectivity index (χ2v) is 17.8. The summed E-state index contributed by atoms with van der Waals surface area (Å²) in [5, 5.41) is 0.0600. The maximum Gasteiger partial charge on any atom is 0.313 e. The zero-order chi connectivity index (χ0) is 26.3. The average Bonchev–Trinajstić information content (AvgIpc) is 2.89. The molecule has 0 radical (unpaired) electrons. The number of rotatable bonds is 7. The maximum atomic E-state index is 13.4. The number of ketones is 1. The van der Waals surface area contributed by atoms with Crippen LogP contribution >= 0.6 is 0 Å². The number of fused-ring (bicyclic) bond motifs is 2. The van der Waals surface area contributed by atoms with E-state index in [0.29, 0.717) is 13.0 Å². The zero-order valence-electron chi connectivity index (χ0n) is 22.9. The van der Waals surface area contributed by atoms with E-state index in [4.69, 9.17) is 18.6 Å². The Balaban J connectivity index is 2.35. The molecule has 0 aromatic rings. The van der Waals surface area contributed by atoms with Gasteiger partial charge in [0.15, 0.2) is 14.1 Å². The smallest absolute Gasteiger partial charge is 0.313 e. The van der Waals surface area contributed by atoms with Crippen molar-refractivity contribution >= 4 is 26.0 Å². The molecule has 0 saturated carbocycles. The fourth-order valence-corrected chi connectivity index (χ4v) is 5.21. The van der Waals surface area contributed by atoms with Crippen molar-refractivity contribution in [1.82, 2.24) is 0 Å². The van der Waals surface area contributed by atoms with Gasteiger partial charge in [-0.1, -0.05) is 26.8 Å². The summed E-state index contributed by atoms with van der Waals surface area (Å²) in [5.74, 6) is -3.56. The van der Waals surface area contributed by atoms with Crippen molar-refractivity contribution in [2.45, 2.75) is 116 Å². The lowest BCUT2D eigenvalue weighted by atomic mass is 9.75. The molecule has 0 amide bonds. The summed E-state index contributed by atoms with van der Waals surface area (Å²) in [7, 11) is -1.97. The summed E-state index contributed by atoms with van der Waals surface area (Å²) in [6.07, 6.45) is 3.03. The Morgan fingerprint density at radius 3 is 2.00 bits per heavy atom. The molecule has 0 aliphatic carbocycles. The highest BCUT2D eigenvalue weighted by Crippen LogP contribution is 2.49. The summed E-state index contributed by atoms with van der Waals surface area (Å²) < 4.78 is 23.8. The van der Waals surface area contributed by atoms with Gasteiger partial charge in [0, 0.05) is 6.61 Å². The number of esters is 2. The van der Waals surface area contributed by atoms with Gasteiger partial charge in [0.25, 0.3) is 0 Å². The molecule has 0 aromatic carbocycles. The molecule has 0 N–H and O–H groups in total. The van der Waals surface area contributed by atoms with Crippen molar-refractivity contribution < 1.29 is 33.0 Å². The molecular weight excluding hydrogens is 452 g/mol. The van der Waals surface area contributed by atoms with Crippen LogP contribution in [0.5, 0.6) is 0 Å². The van der Waals surface area contributed by atoms with E-state index in [1.807, 2.05) is 0 Å². The van der Waals surface area contributed by atoms with E-state index in [9.17, 15) is 14.4 Å². The molecule has 0 unspecified atom stereocenters. The standard InChI is InChI=1S/C26H44O7Si/c1-23(2,3)32-21(28)19-17-13-14-18(27)26(31-17,20(19)22(29)33-24(4,5)6)15-12-16-30-34(10,11)25(7,8)9/h13-14,17,19-20H,12,15-16H2,1-11H3/t17-,19+,20+,26+/m0/s1. The topological polar surface area (TPSA) is 88.1 Å². The Morgan fingerprint density at radius 1 is 0.971 bits per heavy atom. The van der Waals surface area contributed by atoms with E-state index < -0.39 is 55.0 Å². The molecule has 4 atom stereocenters. The van der Waals surface area contributed by atoms with E-state index >= 15 is 0 Å². The number of ether oxygens (including phenoxy) is 3. The molecule has 2 heterocycles. The number of carbonyl (C=O) groups excluding carboxylic acids is 3. The molecule has 7 nitrogen and oxygen atoms in total. The Kier molecular flexibility index (Phi) is 8.03. The maximum absolute atomic E-state index is 13.4. The molecule has 34 heavy (non-hydrogen) atoms. The molecule has 8 heteroatoms. The molecule has 194 valence electrons. The van der Waals surface area contributed by atoms with E-state index in [1.165, 1.54) is 6.08 Å². The van der Waals surface area contributed by atoms with Crippen LogP contribution in [0.15, 0.2) is 12.2 Å². The van der Waals surface area contributed by atoms with Gasteiger partial charge in [0.2, 0.25) is 0 Å². The molecule has 0 aromatic heterocycles. The summed E-state index contributed by atoms with van der Waals surface area (Å²) in [5.41, 5.74) is -3.00. The largest absolute Gasteiger partial charge is 0.460 e. The van der Waals surface area contributed by atoms with Crippen LogP contribution < -0.4 is 0 Å². The summed E-state index contributed by atoms with van der Waals surface area (Å²) in [6.45, 7) is 21.9. The van der Waals surface area contributed by atoms with Gasteiger partial charge in [0.1, 0.15) is 28.6 Å². The fraction of sp³-hybridized carbons (Fsp3) is 0.808. The first-order chi connectivity index (χ1) is 15.2. The minimum absolute atomic E-state index is 0.0600. The van der Waals surface area contributed by atoms with Crippen LogP contribution in [-0.2, 0) is 33.0 Å². The van der Waals surface area contributed by atoms with Gasteiger partial charge >= 0.3 is 11.9 Å². The third-order valence-electron chi connectivity index (χ3n) is 6.72. The van der Waals surface area contributed by atoms with Gasteiger partial charge in [-0.15, -0.1) is 0 Å². The van der Waals surface area contributed by atoms with Crippen LogP contribution in [0.25, 0.3) is 0 Å². The van der Waals surface area contributed by atoms with Crippen LogP contribution in [0.2, 0.25) is 18.1 Å². The van der Waals surface area contributed by atoms with Gasteiger partial charge in [-0.05, 0) is 78.6 Å². The third-order valence-corrected chi connectivity index (χ3v) is 11.3. The lowest BCUT2D eigenvalue weighted by Crippen LogP contribution is -2.51. The van der Waals surface area contributed by atoms with Crippen molar-refractivity contribution in [2.75, 3.05) is 6.61 Å². The van der Waals surface area contributed by atoms with Gasteiger partial charge in [-0.3, -0.25) is 14.4 Å². The SMILES string of the molecule is CC(C)(C)OC(=O)[C@@H]1[C@@H]2C=CC(=O)[C@@](CCCO[Si](C)(C)C(C)(C)C)(O2)[C@H]1C(=O)OC(C)(C)C. The first-order valence-electron chi connectivity index (χ1n) is 12.2. The lowest BCUT2D eigenvalue weighted by molar-refractivity contribution is -0.176. The lowest BCUT2D eigenvalue weighted by Gasteiger charge is -2.37. The predicted molar refractivity (Wildman–Crippen MR) is 133 cm³/mol. The van der Waals surface area contributed by atoms with Gasteiger partial charge in [0.05, 0.1) is 6.10 Å². The van der Waals surface area contributed by atoms with E-state index in [0.717, 1.165) is 0 Å². The van der Waals surface area contributed by atoms with Gasteiger partial charge in [-0.2, -0.15) is 0 Å². The van der Waals surface area contributed by atoms with E-state index in [2.05, 4.69) is 33.9 Å². The Bertz CT molecular complexity index is 826. The van der Waals surface area contributed by atoms with Crippen LogP contribution in [-0.4, -0.2) is 55.6 Å². The van der Waals surface area contributed by atoms with Crippen LogP contribution in [0.1, 0.15) is 75.2 Å². The normalized spacial score (nSPS) is 27.6. The van der Waals surface area contributed by atoms with Gasteiger partial charge < -0.3 is 18.6 Å². The number of carbonyl (C=O) groups is 3. The van der Waals surface area contributed by atoms with Crippen LogP contribution in [0, 0.1) is 11.8 Å². The number of hydrogen-bond acceptors (Lipinski definition) is 7. The fourth-order valence-electron chi connectivity index (χ4n) is 4.12. The summed E-state index contributed by atoms with van der Waals surface area (Å²) in [6, 6.07) is 0. The first-order valence-corrected chi connectivity index (χ1v) is 15.1. The van der Waals surface area contributed by atoms with Crippen molar-refractivity contribution in [3.63, 3.8) is 0 Å². The third kappa shape index (κ3) is 6.37. The van der Waals surface area contributed by atoms with E-state index in [1.54, 1.807) is 47.6 Å². The highest BCUT2D eigenvalue weighted by atomic mass is 28.4. The molecule has 2 rings (SSSR count). The Hall–Kier alpha value is -1.51. The molecular formula is C26H44O7Si. The molecule has 2 bridgehead atoms. The van der Waals surface area contributed by atoms with Gasteiger partial charge in [-0.25, -0.2) is 0 Å². The zero-order valence-corrected chi connectivity index (χ0v) is 23.9. The minimum atomic E-state index is -1.97.